The second-order valence-corrected chi connectivity index (χ2v) is 9.71. The van der Waals surface area contributed by atoms with Crippen molar-refractivity contribution in [3.8, 4) is 23.1 Å². The van der Waals surface area contributed by atoms with Crippen LogP contribution in [0.25, 0.3) is 16.9 Å². The largest absolute Gasteiger partial charge is 0.497 e. The third-order valence-electron chi connectivity index (χ3n) is 7.39. The summed E-state index contributed by atoms with van der Waals surface area (Å²) in [6.45, 7) is 2.66. The Balaban J connectivity index is 1.43. The Morgan fingerprint density at radius 3 is 2.32 bits per heavy atom. The topological polar surface area (TPSA) is 107 Å². The number of ether oxygens (including phenoxy) is 1. The molecule has 3 heterocycles. The minimum atomic E-state index is -4.74. The standard InChI is InChI=1S/C29H27F3N6O3/c1-18-25(21-7-9-22(41-2)10-8-21)35-27-23(16-34-38(27)26(18)29(30,31)32)28(40)37-13-11-36(12-14-37)24(17-39)20-5-3-19(15-33)4-6-20/h3-10,16,24,39H,11-14,17H2,1-2H3/t24-/m0/s1. The first-order valence-corrected chi connectivity index (χ1v) is 12.9. The Morgan fingerprint density at radius 1 is 1.10 bits per heavy atom. The van der Waals surface area contributed by atoms with Crippen LogP contribution in [0.4, 0.5) is 13.2 Å². The van der Waals surface area contributed by atoms with Crippen molar-refractivity contribution >= 4 is 11.6 Å². The van der Waals surface area contributed by atoms with E-state index in [2.05, 4.69) is 16.2 Å². The number of piperazine rings is 1. The van der Waals surface area contributed by atoms with Crippen molar-refractivity contribution in [2.24, 2.45) is 0 Å². The molecule has 1 fully saturated rings. The Kier molecular flexibility index (Phi) is 7.66. The zero-order chi connectivity index (χ0) is 29.3. The zero-order valence-electron chi connectivity index (χ0n) is 22.4. The number of carbonyl (C=O) groups excluding carboxylic acids is 1. The molecule has 0 unspecified atom stereocenters. The second kappa shape index (κ2) is 11.2. The fraction of sp³-hybridized carbons (Fsp3) is 0.310. The molecule has 1 aliphatic rings. The maximum Gasteiger partial charge on any atom is 0.433 e. The minimum absolute atomic E-state index is 0.0236. The maximum atomic E-state index is 14.2. The van der Waals surface area contributed by atoms with Gasteiger partial charge in [0.15, 0.2) is 11.3 Å². The van der Waals surface area contributed by atoms with E-state index in [4.69, 9.17) is 10.00 Å². The van der Waals surface area contributed by atoms with E-state index in [1.165, 1.54) is 14.0 Å². The minimum Gasteiger partial charge on any atom is -0.497 e. The molecule has 0 radical (unpaired) electrons. The van der Waals surface area contributed by atoms with E-state index in [0.29, 0.717) is 47.6 Å². The zero-order valence-corrected chi connectivity index (χ0v) is 22.4. The number of rotatable bonds is 6. The van der Waals surface area contributed by atoms with Gasteiger partial charge < -0.3 is 14.7 Å². The normalized spacial score (nSPS) is 15.1. The van der Waals surface area contributed by atoms with Crippen LogP contribution >= 0.6 is 0 Å². The summed E-state index contributed by atoms with van der Waals surface area (Å²) in [5.74, 6) is 0.0780. The number of amides is 1. The third-order valence-corrected chi connectivity index (χ3v) is 7.39. The molecule has 1 saturated heterocycles. The fourth-order valence-corrected chi connectivity index (χ4v) is 5.21. The van der Waals surface area contributed by atoms with Crippen LogP contribution in [0.15, 0.2) is 54.7 Å². The highest BCUT2D eigenvalue weighted by Crippen LogP contribution is 2.37. The molecule has 4 aromatic rings. The number of aliphatic hydroxyl groups excluding tert-OH is 1. The van der Waals surface area contributed by atoms with E-state index in [1.54, 1.807) is 53.4 Å². The molecule has 2 aromatic carbocycles. The molecule has 0 aliphatic carbocycles. The number of nitriles is 1. The third kappa shape index (κ3) is 5.33. The second-order valence-electron chi connectivity index (χ2n) is 9.71. The molecule has 1 aliphatic heterocycles. The van der Waals surface area contributed by atoms with Crippen molar-refractivity contribution < 1.29 is 27.8 Å². The number of alkyl halides is 3. The van der Waals surface area contributed by atoms with Gasteiger partial charge in [-0.1, -0.05) is 12.1 Å². The number of aliphatic hydroxyl groups is 1. The molecule has 41 heavy (non-hydrogen) atoms. The van der Waals surface area contributed by atoms with Gasteiger partial charge in [0.1, 0.15) is 11.3 Å². The van der Waals surface area contributed by atoms with Gasteiger partial charge >= 0.3 is 6.18 Å². The van der Waals surface area contributed by atoms with Crippen molar-refractivity contribution in [1.82, 2.24) is 24.4 Å². The molecule has 1 N–H and O–H groups in total. The van der Waals surface area contributed by atoms with Crippen LogP contribution < -0.4 is 4.74 Å². The first-order valence-electron chi connectivity index (χ1n) is 12.9. The number of fused-ring (bicyclic) bond motifs is 1. The van der Waals surface area contributed by atoms with Gasteiger partial charge in [0.2, 0.25) is 0 Å². The molecular formula is C29H27F3N6O3. The summed E-state index contributed by atoms with van der Waals surface area (Å²) in [6.07, 6.45) is -3.61. The van der Waals surface area contributed by atoms with Crippen LogP contribution in [0.5, 0.6) is 5.75 Å². The molecule has 2 aromatic heterocycles. The van der Waals surface area contributed by atoms with Crippen LogP contribution in [0, 0.1) is 18.3 Å². The smallest absolute Gasteiger partial charge is 0.433 e. The molecule has 0 spiro atoms. The number of methoxy groups -OCH3 is 1. The first kappa shape index (κ1) is 28.1. The van der Waals surface area contributed by atoms with Crippen LogP contribution in [0.3, 0.4) is 0 Å². The van der Waals surface area contributed by atoms with Gasteiger partial charge in [-0.15, -0.1) is 0 Å². The Labute approximate surface area is 234 Å². The van der Waals surface area contributed by atoms with Crippen molar-refractivity contribution in [3.63, 3.8) is 0 Å². The molecule has 9 nitrogen and oxygen atoms in total. The summed E-state index contributed by atoms with van der Waals surface area (Å²) in [6, 6.07) is 15.2. The fourth-order valence-electron chi connectivity index (χ4n) is 5.21. The SMILES string of the molecule is COc1ccc(-c2nc3c(C(=O)N4CCN([C@@H](CO)c5ccc(C#N)cc5)CC4)cnn3c(C(F)(F)F)c2C)cc1. The van der Waals surface area contributed by atoms with Crippen molar-refractivity contribution in [2.75, 3.05) is 39.9 Å². The molecule has 12 heteroatoms. The van der Waals surface area contributed by atoms with Gasteiger partial charge in [0.05, 0.1) is 43.3 Å². The Morgan fingerprint density at radius 2 is 1.76 bits per heavy atom. The lowest BCUT2D eigenvalue weighted by atomic mass is 10.0. The maximum absolute atomic E-state index is 14.2. The highest BCUT2D eigenvalue weighted by Gasteiger charge is 2.39. The first-order chi connectivity index (χ1) is 19.7. The van der Waals surface area contributed by atoms with E-state index in [-0.39, 0.29) is 35.1 Å². The summed E-state index contributed by atoms with van der Waals surface area (Å²) in [7, 11) is 1.49. The van der Waals surface area contributed by atoms with Crippen molar-refractivity contribution in [1.29, 1.82) is 5.26 Å². The Bertz CT molecular complexity index is 1600. The van der Waals surface area contributed by atoms with E-state index < -0.39 is 17.8 Å². The van der Waals surface area contributed by atoms with Crippen LogP contribution in [0.2, 0.25) is 0 Å². The summed E-state index contributed by atoms with van der Waals surface area (Å²) in [5, 5.41) is 23.0. The van der Waals surface area contributed by atoms with Gasteiger partial charge in [-0.05, 0) is 48.9 Å². The van der Waals surface area contributed by atoms with E-state index in [0.717, 1.165) is 11.8 Å². The van der Waals surface area contributed by atoms with E-state index in [9.17, 15) is 23.1 Å². The molecule has 1 amide bonds. The summed E-state index contributed by atoms with van der Waals surface area (Å²) in [4.78, 5) is 21.7. The highest BCUT2D eigenvalue weighted by atomic mass is 19.4. The number of carbonyl (C=O) groups is 1. The monoisotopic (exact) mass is 564 g/mol. The number of halogens is 3. The molecule has 1 atom stereocenters. The van der Waals surface area contributed by atoms with Crippen molar-refractivity contribution in [3.05, 3.63) is 82.7 Å². The lowest BCUT2D eigenvalue weighted by Crippen LogP contribution is -2.50. The van der Waals surface area contributed by atoms with Crippen LogP contribution in [-0.2, 0) is 6.18 Å². The highest BCUT2D eigenvalue weighted by molar-refractivity contribution is 6.00. The number of benzene rings is 2. The molecule has 0 saturated carbocycles. The predicted molar refractivity (Wildman–Crippen MR) is 143 cm³/mol. The number of hydrogen-bond donors (Lipinski definition) is 1. The molecule has 0 bridgehead atoms. The molecular weight excluding hydrogens is 537 g/mol. The predicted octanol–water partition coefficient (Wildman–Crippen LogP) is 4.10. The summed E-state index contributed by atoms with van der Waals surface area (Å²) in [5.41, 5.74) is 0.606. The van der Waals surface area contributed by atoms with Crippen LogP contribution in [0.1, 0.15) is 38.8 Å². The average molecular weight is 565 g/mol. The Hall–Kier alpha value is -4.47. The van der Waals surface area contributed by atoms with Gasteiger partial charge in [-0.3, -0.25) is 9.69 Å². The average Bonchev–Trinajstić information content (AvgIpc) is 3.40. The van der Waals surface area contributed by atoms with E-state index >= 15 is 0 Å². The summed E-state index contributed by atoms with van der Waals surface area (Å²) < 4.78 is 48.6. The molecule has 5 rings (SSSR count). The molecule has 212 valence electrons. The lowest BCUT2D eigenvalue weighted by Gasteiger charge is -2.38. The summed E-state index contributed by atoms with van der Waals surface area (Å²) >= 11 is 0. The van der Waals surface area contributed by atoms with Crippen molar-refractivity contribution in [2.45, 2.75) is 19.1 Å². The van der Waals surface area contributed by atoms with Gasteiger partial charge in [-0.25, -0.2) is 9.50 Å². The quantitative estimate of drug-likeness (QED) is 0.376. The van der Waals surface area contributed by atoms with Gasteiger partial charge in [0, 0.05) is 37.3 Å². The van der Waals surface area contributed by atoms with E-state index in [1.807, 2.05) is 4.90 Å². The van der Waals surface area contributed by atoms with Gasteiger partial charge in [0.25, 0.3) is 5.91 Å². The van der Waals surface area contributed by atoms with Gasteiger partial charge in [-0.2, -0.15) is 23.5 Å². The number of hydrogen-bond acceptors (Lipinski definition) is 7. The lowest BCUT2D eigenvalue weighted by molar-refractivity contribution is -0.143. The number of nitrogens with zero attached hydrogens (tertiary/aromatic N) is 6. The number of aromatic nitrogens is 3. The van der Waals surface area contributed by atoms with Crippen LogP contribution in [-0.4, -0.2) is 75.3 Å².